The van der Waals surface area contributed by atoms with E-state index in [4.69, 9.17) is 9.97 Å². The molecule has 0 aliphatic heterocycles. The zero-order chi connectivity index (χ0) is 36.7. The Labute approximate surface area is 325 Å². The van der Waals surface area contributed by atoms with Crippen LogP contribution in [0.2, 0.25) is 0 Å². The van der Waals surface area contributed by atoms with Gasteiger partial charge in [0.2, 0.25) is 0 Å². The van der Waals surface area contributed by atoms with Gasteiger partial charge in [0.1, 0.15) is 0 Å². The highest BCUT2D eigenvalue weighted by Crippen LogP contribution is 2.50. The van der Waals surface area contributed by atoms with Gasteiger partial charge in [0, 0.05) is 16.7 Å². The maximum absolute atomic E-state index is 5.13. The second-order valence-electron chi connectivity index (χ2n) is 14.9. The van der Waals surface area contributed by atoms with E-state index in [0.717, 1.165) is 28.1 Å². The third-order valence-corrected chi connectivity index (χ3v) is 11.8. The number of fused-ring (bicyclic) bond motifs is 6. The SMILES string of the molecule is c1ccc(-c2nc(-c3ccc(-c4ccc5c6c(cccc46)-c4ccccc4-5)cc3)cc(-c3ccc(-c4ccc5c6c(cccc46)-c4ccccc4-5)cc3)n2)cc1. The molecule has 0 fully saturated rings. The van der Waals surface area contributed by atoms with Gasteiger partial charge >= 0.3 is 0 Å². The van der Waals surface area contributed by atoms with Crippen LogP contribution in [0.15, 0.2) is 194 Å². The monoisotopic (exact) mass is 708 g/mol. The normalized spacial score (nSPS) is 11.9. The van der Waals surface area contributed by atoms with E-state index in [1.54, 1.807) is 0 Å². The lowest BCUT2D eigenvalue weighted by Gasteiger charge is -2.13. The number of hydrogen-bond donors (Lipinski definition) is 0. The Morgan fingerprint density at radius 1 is 0.232 bits per heavy atom. The van der Waals surface area contributed by atoms with Crippen LogP contribution in [0.3, 0.4) is 0 Å². The average Bonchev–Trinajstić information content (AvgIpc) is 3.79. The molecule has 0 radical (unpaired) electrons. The third-order valence-electron chi connectivity index (χ3n) is 11.8. The van der Waals surface area contributed by atoms with Crippen molar-refractivity contribution in [3.05, 3.63) is 194 Å². The van der Waals surface area contributed by atoms with Gasteiger partial charge < -0.3 is 0 Å². The largest absolute Gasteiger partial charge is 0.228 e. The minimum atomic E-state index is 0.713. The number of rotatable bonds is 5. The van der Waals surface area contributed by atoms with Gasteiger partial charge in [-0.3, -0.25) is 0 Å². The molecule has 0 bridgehead atoms. The van der Waals surface area contributed by atoms with Crippen molar-refractivity contribution in [2.75, 3.05) is 0 Å². The molecule has 0 atom stereocenters. The van der Waals surface area contributed by atoms with Crippen molar-refractivity contribution in [1.82, 2.24) is 9.97 Å². The predicted octanol–water partition coefficient (Wildman–Crippen LogP) is 14.4. The van der Waals surface area contributed by atoms with Crippen molar-refractivity contribution >= 4 is 21.5 Å². The molecular weight excluding hydrogens is 677 g/mol. The highest BCUT2D eigenvalue weighted by atomic mass is 14.9. The van der Waals surface area contributed by atoms with Gasteiger partial charge in [0.05, 0.1) is 11.4 Å². The Morgan fingerprint density at radius 3 is 1.04 bits per heavy atom. The lowest BCUT2D eigenvalue weighted by Crippen LogP contribution is -1.96. The van der Waals surface area contributed by atoms with Gasteiger partial charge in [0.25, 0.3) is 0 Å². The summed E-state index contributed by atoms with van der Waals surface area (Å²) in [5.74, 6) is 0.713. The maximum atomic E-state index is 5.13. The minimum absolute atomic E-state index is 0.713. The van der Waals surface area contributed by atoms with Crippen LogP contribution in [-0.2, 0) is 0 Å². The first-order valence-electron chi connectivity index (χ1n) is 19.2. The Morgan fingerprint density at radius 2 is 0.589 bits per heavy atom. The van der Waals surface area contributed by atoms with Crippen molar-refractivity contribution in [3.8, 4) is 101 Å². The van der Waals surface area contributed by atoms with Crippen LogP contribution in [0.5, 0.6) is 0 Å². The highest BCUT2D eigenvalue weighted by Gasteiger charge is 2.24. The lowest BCUT2D eigenvalue weighted by atomic mass is 9.93. The summed E-state index contributed by atoms with van der Waals surface area (Å²) in [4.78, 5) is 10.3. The van der Waals surface area contributed by atoms with Crippen LogP contribution < -0.4 is 0 Å². The molecule has 2 aliphatic rings. The van der Waals surface area contributed by atoms with Gasteiger partial charge in [-0.2, -0.15) is 0 Å². The highest BCUT2D eigenvalue weighted by molar-refractivity contribution is 6.20. The van der Waals surface area contributed by atoms with Crippen LogP contribution in [0.1, 0.15) is 0 Å². The second kappa shape index (κ2) is 12.0. The van der Waals surface area contributed by atoms with E-state index in [1.807, 2.05) is 18.2 Å². The fraction of sp³-hybridized carbons (Fsp3) is 0. The molecule has 0 N–H and O–H groups in total. The molecule has 0 saturated carbocycles. The first-order chi connectivity index (χ1) is 27.8. The van der Waals surface area contributed by atoms with Crippen molar-refractivity contribution in [1.29, 1.82) is 0 Å². The van der Waals surface area contributed by atoms with Crippen LogP contribution >= 0.6 is 0 Å². The fourth-order valence-electron chi connectivity index (χ4n) is 9.22. The van der Waals surface area contributed by atoms with Crippen molar-refractivity contribution in [3.63, 3.8) is 0 Å². The summed E-state index contributed by atoms with van der Waals surface area (Å²) in [7, 11) is 0. The first kappa shape index (κ1) is 31.0. The molecule has 12 rings (SSSR count). The Balaban J connectivity index is 0.923. The number of aromatic nitrogens is 2. The zero-order valence-electron chi connectivity index (χ0n) is 30.4. The van der Waals surface area contributed by atoms with Crippen molar-refractivity contribution in [2.24, 2.45) is 0 Å². The molecule has 10 aromatic rings. The molecule has 56 heavy (non-hydrogen) atoms. The summed E-state index contributed by atoms with van der Waals surface area (Å²) in [6, 6.07) is 70.2. The lowest BCUT2D eigenvalue weighted by molar-refractivity contribution is 1.18. The second-order valence-corrected chi connectivity index (χ2v) is 14.9. The number of nitrogens with zero attached hydrogens (tertiary/aromatic N) is 2. The Bertz CT molecular complexity index is 2960. The van der Waals surface area contributed by atoms with Crippen LogP contribution in [-0.4, -0.2) is 9.97 Å². The van der Waals surface area contributed by atoms with E-state index in [1.165, 1.54) is 88.3 Å². The minimum Gasteiger partial charge on any atom is -0.228 e. The van der Waals surface area contributed by atoms with E-state index < -0.39 is 0 Å². The molecule has 2 aliphatic carbocycles. The molecule has 2 nitrogen and oxygen atoms in total. The van der Waals surface area contributed by atoms with Gasteiger partial charge in [-0.25, -0.2) is 9.97 Å². The summed E-state index contributed by atoms with van der Waals surface area (Å²) >= 11 is 0. The van der Waals surface area contributed by atoms with E-state index in [2.05, 4.69) is 176 Å². The van der Waals surface area contributed by atoms with Crippen LogP contribution in [0, 0.1) is 0 Å². The maximum Gasteiger partial charge on any atom is 0.160 e. The van der Waals surface area contributed by atoms with E-state index >= 15 is 0 Å². The summed E-state index contributed by atoms with van der Waals surface area (Å²) in [5.41, 5.74) is 20.3. The van der Waals surface area contributed by atoms with Crippen molar-refractivity contribution < 1.29 is 0 Å². The van der Waals surface area contributed by atoms with E-state index in [-0.39, 0.29) is 0 Å². The summed E-state index contributed by atoms with van der Waals surface area (Å²) in [6.07, 6.45) is 0. The fourth-order valence-corrected chi connectivity index (χ4v) is 9.22. The van der Waals surface area contributed by atoms with Gasteiger partial charge in [0.15, 0.2) is 5.82 Å². The van der Waals surface area contributed by atoms with Gasteiger partial charge in [-0.05, 0) is 94.4 Å². The van der Waals surface area contributed by atoms with Gasteiger partial charge in [-0.15, -0.1) is 0 Å². The average molecular weight is 709 g/mol. The summed E-state index contributed by atoms with van der Waals surface area (Å²) in [6.45, 7) is 0. The van der Waals surface area contributed by atoms with Gasteiger partial charge in [-0.1, -0.05) is 188 Å². The summed E-state index contributed by atoms with van der Waals surface area (Å²) < 4.78 is 0. The topological polar surface area (TPSA) is 25.8 Å². The van der Waals surface area contributed by atoms with Crippen LogP contribution in [0.4, 0.5) is 0 Å². The smallest absolute Gasteiger partial charge is 0.160 e. The molecule has 1 aromatic heterocycles. The molecule has 0 amide bonds. The standard InChI is InChI=1S/C54H32N2/c1-2-10-37(11-3-1)54-55-50(35-24-20-33(21-25-35)38-28-30-48-42-14-6-4-12-40(42)46-18-8-16-44(38)52(46)48)32-51(56-54)36-26-22-34(23-27-36)39-29-31-49-43-15-7-5-13-41(43)47-19-9-17-45(39)53(47)49/h1-32H. The molecule has 1 heterocycles. The first-order valence-corrected chi connectivity index (χ1v) is 19.2. The molecule has 9 aromatic carbocycles. The van der Waals surface area contributed by atoms with Crippen LogP contribution in [0.25, 0.3) is 122 Å². The number of benzene rings is 9. The zero-order valence-corrected chi connectivity index (χ0v) is 30.4. The predicted molar refractivity (Wildman–Crippen MR) is 233 cm³/mol. The third kappa shape index (κ3) is 4.63. The molecule has 0 spiro atoms. The summed E-state index contributed by atoms with van der Waals surface area (Å²) in [5, 5.41) is 5.25. The van der Waals surface area contributed by atoms with Crippen molar-refractivity contribution in [2.45, 2.75) is 0 Å². The molecule has 258 valence electrons. The number of hydrogen-bond acceptors (Lipinski definition) is 2. The quantitative estimate of drug-likeness (QED) is 0.178. The molecule has 0 unspecified atom stereocenters. The Kier molecular flexibility index (Phi) is 6.66. The van der Waals surface area contributed by atoms with E-state index in [9.17, 15) is 0 Å². The Hall–Kier alpha value is -7.42. The molecular formula is C54H32N2. The van der Waals surface area contributed by atoms with E-state index in [0.29, 0.717) is 5.82 Å². The molecule has 2 heteroatoms. The molecule has 0 saturated heterocycles.